The number of ether oxygens (including phenoxy) is 2. The van der Waals surface area contributed by atoms with Gasteiger partial charge in [0.15, 0.2) is 0 Å². The number of esters is 2. The van der Waals surface area contributed by atoms with Gasteiger partial charge in [0.05, 0.1) is 18.2 Å². The van der Waals surface area contributed by atoms with Crippen LogP contribution >= 0.6 is 0 Å². The van der Waals surface area contributed by atoms with Crippen molar-refractivity contribution in [3.63, 3.8) is 0 Å². The van der Waals surface area contributed by atoms with Crippen LogP contribution in [0.1, 0.15) is 94.4 Å². The standard InChI is InChI=1S/C29H40O4/c1-21(2)10-8-12-23(5)14-19-27(20-24(6)13-9-11-22(3)4)33-29(31)26-17-15-25(16-18-26)28(30)32-7/h10-11,14-18,20,27H,8-9,12-13,19H2,1-7H3/b23-14+,24-20+. The minimum Gasteiger partial charge on any atom is -0.465 e. The van der Waals surface area contributed by atoms with Crippen LogP contribution in [0.15, 0.2) is 70.9 Å². The lowest BCUT2D eigenvalue weighted by Gasteiger charge is -2.15. The number of carbonyl (C=O) groups excluding carboxylic acids is 2. The van der Waals surface area contributed by atoms with E-state index in [1.54, 1.807) is 24.3 Å². The SMILES string of the molecule is COC(=O)c1ccc(C(=O)OC(/C=C(\C)CCC=C(C)C)C/C=C(\C)CCC=C(C)C)cc1. The summed E-state index contributed by atoms with van der Waals surface area (Å²) in [5, 5.41) is 0. The fraction of sp³-hybridized carbons (Fsp3) is 0.448. The molecule has 1 atom stereocenters. The molecule has 0 saturated heterocycles. The van der Waals surface area contributed by atoms with Crippen LogP contribution < -0.4 is 0 Å². The van der Waals surface area contributed by atoms with Gasteiger partial charge in [0.1, 0.15) is 6.10 Å². The first-order valence-electron chi connectivity index (χ1n) is 11.6. The fourth-order valence-electron chi connectivity index (χ4n) is 3.21. The molecule has 1 unspecified atom stereocenters. The first kappa shape index (κ1) is 28.2. The molecule has 4 heteroatoms. The van der Waals surface area contributed by atoms with Gasteiger partial charge >= 0.3 is 11.9 Å². The summed E-state index contributed by atoms with van der Waals surface area (Å²) < 4.78 is 10.6. The lowest BCUT2D eigenvalue weighted by atomic mass is 10.0. The van der Waals surface area contributed by atoms with Crippen LogP contribution in [0.25, 0.3) is 0 Å². The van der Waals surface area contributed by atoms with Crippen LogP contribution in [0, 0.1) is 0 Å². The maximum atomic E-state index is 12.8. The Kier molecular flexibility index (Phi) is 12.8. The second kappa shape index (κ2) is 15.0. The summed E-state index contributed by atoms with van der Waals surface area (Å²) in [6.45, 7) is 12.6. The van der Waals surface area contributed by atoms with Crippen LogP contribution in [0.4, 0.5) is 0 Å². The molecule has 0 fully saturated rings. The van der Waals surface area contributed by atoms with Crippen molar-refractivity contribution in [3.8, 4) is 0 Å². The van der Waals surface area contributed by atoms with E-state index in [0.29, 0.717) is 17.5 Å². The molecule has 0 aliphatic heterocycles. The second-order valence-corrected chi connectivity index (χ2v) is 8.95. The maximum absolute atomic E-state index is 12.8. The third kappa shape index (κ3) is 12.1. The van der Waals surface area contributed by atoms with Gasteiger partial charge in [-0.3, -0.25) is 0 Å². The van der Waals surface area contributed by atoms with E-state index < -0.39 is 11.9 Å². The highest BCUT2D eigenvalue weighted by atomic mass is 16.5. The summed E-state index contributed by atoms with van der Waals surface area (Å²) in [6.07, 6.45) is 12.9. The van der Waals surface area contributed by atoms with Crippen molar-refractivity contribution in [1.29, 1.82) is 0 Å². The van der Waals surface area contributed by atoms with Crippen molar-refractivity contribution in [3.05, 3.63) is 82.0 Å². The molecule has 0 amide bonds. The van der Waals surface area contributed by atoms with Crippen molar-refractivity contribution >= 4 is 11.9 Å². The molecule has 1 aromatic carbocycles. The Morgan fingerprint density at radius 3 is 1.73 bits per heavy atom. The predicted molar refractivity (Wildman–Crippen MR) is 136 cm³/mol. The molecule has 180 valence electrons. The number of benzene rings is 1. The molecular weight excluding hydrogens is 412 g/mol. The average molecular weight is 453 g/mol. The Morgan fingerprint density at radius 2 is 1.24 bits per heavy atom. The summed E-state index contributed by atoms with van der Waals surface area (Å²) in [4.78, 5) is 24.4. The third-order valence-corrected chi connectivity index (χ3v) is 5.15. The normalized spacial score (nSPS) is 12.6. The highest BCUT2D eigenvalue weighted by molar-refractivity contribution is 5.93. The first-order valence-corrected chi connectivity index (χ1v) is 11.6. The molecule has 0 heterocycles. The van der Waals surface area contributed by atoms with E-state index in [-0.39, 0.29) is 6.10 Å². The maximum Gasteiger partial charge on any atom is 0.338 e. The Morgan fingerprint density at radius 1 is 0.758 bits per heavy atom. The lowest BCUT2D eigenvalue weighted by Crippen LogP contribution is -2.16. The molecule has 0 aliphatic rings. The number of allylic oxidation sites excluding steroid dienone is 6. The monoisotopic (exact) mass is 452 g/mol. The van der Waals surface area contributed by atoms with Gasteiger partial charge in [-0.05, 0) is 97.6 Å². The molecule has 0 aromatic heterocycles. The van der Waals surface area contributed by atoms with Crippen molar-refractivity contribution in [2.75, 3.05) is 7.11 Å². The molecule has 0 N–H and O–H groups in total. The molecule has 0 bridgehead atoms. The van der Waals surface area contributed by atoms with Crippen molar-refractivity contribution in [2.24, 2.45) is 0 Å². The number of rotatable bonds is 12. The Balaban J connectivity index is 2.93. The Labute approximate surface area is 200 Å². The summed E-state index contributed by atoms with van der Waals surface area (Å²) >= 11 is 0. The summed E-state index contributed by atoms with van der Waals surface area (Å²) in [5.41, 5.74) is 5.91. The molecule has 4 nitrogen and oxygen atoms in total. The van der Waals surface area contributed by atoms with E-state index in [1.807, 2.05) is 0 Å². The van der Waals surface area contributed by atoms with Crippen LogP contribution in [-0.4, -0.2) is 25.2 Å². The van der Waals surface area contributed by atoms with E-state index in [0.717, 1.165) is 25.7 Å². The van der Waals surface area contributed by atoms with Crippen molar-refractivity contribution < 1.29 is 19.1 Å². The van der Waals surface area contributed by atoms with Gasteiger partial charge in [-0.2, -0.15) is 0 Å². The zero-order valence-corrected chi connectivity index (χ0v) is 21.4. The lowest BCUT2D eigenvalue weighted by molar-refractivity contribution is 0.0397. The molecular formula is C29H40O4. The Bertz CT molecular complexity index is 890. The van der Waals surface area contributed by atoms with Gasteiger partial charge in [0.2, 0.25) is 0 Å². The van der Waals surface area contributed by atoms with E-state index >= 15 is 0 Å². The number of carbonyl (C=O) groups is 2. The minimum absolute atomic E-state index is 0.345. The van der Waals surface area contributed by atoms with E-state index in [9.17, 15) is 9.59 Å². The van der Waals surface area contributed by atoms with Crippen LogP contribution in [0.5, 0.6) is 0 Å². The van der Waals surface area contributed by atoms with Gasteiger partial charge in [-0.15, -0.1) is 0 Å². The quantitative estimate of drug-likeness (QED) is 0.240. The van der Waals surface area contributed by atoms with Crippen LogP contribution in [0.2, 0.25) is 0 Å². The van der Waals surface area contributed by atoms with E-state index in [1.165, 1.54) is 29.4 Å². The predicted octanol–water partition coefficient (Wildman–Crippen LogP) is 7.77. The molecule has 0 spiro atoms. The van der Waals surface area contributed by atoms with E-state index in [4.69, 9.17) is 9.47 Å². The summed E-state index contributed by atoms with van der Waals surface area (Å²) in [6, 6.07) is 6.34. The number of hydrogen-bond acceptors (Lipinski definition) is 4. The third-order valence-electron chi connectivity index (χ3n) is 5.15. The minimum atomic E-state index is -0.434. The van der Waals surface area contributed by atoms with Crippen LogP contribution in [0.3, 0.4) is 0 Å². The zero-order valence-electron chi connectivity index (χ0n) is 21.4. The first-order chi connectivity index (χ1) is 15.6. The zero-order chi connectivity index (χ0) is 24.8. The topological polar surface area (TPSA) is 52.6 Å². The average Bonchev–Trinajstić information content (AvgIpc) is 2.76. The molecule has 1 rings (SSSR count). The van der Waals surface area contributed by atoms with Gasteiger partial charge in [-0.25, -0.2) is 9.59 Å². The smallest absolute Gasteiger partial charge is 0.338 e. The molecule has 0 aliphatic carbocycles. The summed E-state index contributed by atoms with van der Waals surface area (Å²) in [5.74, 6) is -0.836. The van der Waals surface area contributed by atoms with Gasteiger partial charge in [0, 0.05) is 6.42 Å². The van der Waals surface area contributed by atoms with Crippen molar-refractivity contribution in [1.82, 2.24) is 0 Å². The Hall–Kier alpha value is -2.88. The number of methoxy groups -OCH3 is 1. The van der Waals surface area contributed by atoms with Gasteiger partial charge in [-0.1, -0.05) is 40.5 Å². The molecule has 0 saturated carbocycles. The molecule has 0 radical (unpaired) electrons. The fourth-order valence-corrected chi connectivity index (χ4v) is 3.21. The van der Waals surface area contributed by atoms with Gasteiger partial charge in [0.25, 0.3) is 0 Å². The summed E-state index contributed by atoms with van der Waals surface area (Å²) in [7, 11) is 1.33. The van der Waals surface area contributed by atoms with E-state index in [2.05, 4.69) is 65.8 Å². The highest BCUT2D eigenvalue weighted by Crippen LogP contribution is 2.17. The number of hydrogen-bond donors (Lipinski definition) is 0. The highest BCUT2D eigenvalue weighted by Gasteiger charge is 2.15. The molecule has 33 heavy (non-hydrogen) atoms. The van der Waals surface area contributed by atoms with Crippen molar-refractivity contribution in [2.45, 2.75) is 79.8 Å². The van der Waals surface area contributed by atoms with Crippen LogP contribution in [-0.2, 0) is 9.47 Å². The second-order valence-electron chi connectivity index (χ2n) is 8.95. The largest absolute Gasteiger partial charge is 0.465 e. The van der Waals surface area contributed by atoms with Gasteiger partial charge < -0.3 is 9.47 Å². The molecule has 1 aromatic rings.